The first-order valence-electron chi connectivity index (χ1n) is 4.65. The molecule has 0 aliphatic heterocycles. The summed E-state index contributed by atoms with van der Waals surface area (Å²) < 4.78 is 0. The van der Waals surface area contributed by atoms with Crippen molar-refractivity contribution in [1.29, 1.82) is 0 Å². The third-order valence-corrected chi connectivity index (χ3v) is 2.05. The predicted octanol–water partition coefficient (Wildman–Crippen LogP) is 2.80. The molecule has 12 heavy (non-hydrogen) atoms. The third kappa shape index (κ3) is 5.97. The van der Waals surface area contributed by atoms with Crippen LogP contribution in [-0.4, -0.2) is 5.78 Å². The van der Waals surface area contributed by atoms with Crippen molar-refractivity contribution in [3.8, 4) is 12.3 Å². The van der Waals surface area contributed by atoms with E-state index in [1.54, 1.807) is 0 Å². The van der Waals surface area contributed by atoms with Crippen molar-refractivity contribution in [2.45, 2.75) is 46.0 Å². The number of terminal acetylenes is 1. The van der Waals surface area contributed by atoms with Gasteiger partial charge in [-0.1, -0.05) is 20.3 Å². The van der Waals surface area contributed by atoms with Crippen molar-refractivity contribution in [2.24, 2.45) is 5.92 Å². The minimum absolute atomic E-state index is 0.361. The molecule has 68 valence electrons. The second kappa shape index (κ2) is 6.91. The smallest absolute Gasteiger partial charge is 0.133 e. The van der Waals surface area contributed by atoms with E-state index in [9.17, 15) is 4.79 Å². The molecule has 1 unspecified atom stereocenters. The molecule has 0 aliphatic carbocycles. The van der Waals surface area contributed by atoms with Gasteiger partial charge in [-0.25, -0.2) is 0 Å². The molecule has 0 aromatic heterocycles. The van der Waals surface area contributed by atoms with Gasteiger partial charge < -0.3 is 0 Å². The Balaban J connectivity index is 3.41. The summed E-state index contributed by atoms with van der Waals surface area (Å²) in [4.78, 5) is 11.2. The van der Waals surface area contributed by atoms with Crippen LogP contribution in [0.1, 0.15) is 46.0 Å². The molecule has 0 aromatic carbocycles. The Labute approximate surface area is 75.5 Å². The maximum absolute atomic E-state index is 11.2. The maximum Gasteiger partial charge on any atom is 0.133 e. The molecule has 0 N–H and O–H groups in total. The summed E-state index contributed by atoms with van der Waals surface area (Å²) in [5.74, 6) is 3.43. The maximum atomic E-state index is 11.2. The van der Waals surface area contributed by atoms with Crippen LogP contribution in [0.2, 0.25) is 0 Å². The Kier molecular flexibility index (Phi) is 6.47. The summed E-state index contributed by atoms with van der Waals surface area (Å²) in [7, 11) is 0. The molecule has 0 aliphatic rings. The Hall–Kier alpha value is -0.770. The highest BCUT2D eigenvalue weighted by Crippen LogP contribution is 2.09. The SMILES string of the molecule is C#CCCCC(=O)CC(C)CC. The molecule has 0 saturated heterocycles. The molecule has 0 spiro atoms. The van der Waals surface area contributed by atoms with Gasteiger partial charge in [-0.15, -0.1) is 12.3 Å². The Morgan fingerprint density at radius 3 is 2.75 bits per heavy atom. The van der Waals surface area contributed by atoms with Crippen molar-refractivity contribution in [3.63, 3.8) is 0 Å². The number of hydrogen-bond donors (Lipinski definition) is 0. The summed E-state index contributed by atoms with van der Waals surface area (Å²) in [5.41, 5.74) is 0. The van der Waals surface area contributed by atoms with E-state index >= 15 is 0 Å². The van der Waals surface area contributed by atoms with Gasteiger partial charge in [0.1, 0.15) is 5.78 Å². The Morgan fingerprint density at radius 2 is 2.25 bits per heavy atom. The molecule has 0 amide bonds. The summed E-state index contributed by atoms with van der Waals surface area (Å²) in [6.07, 6.45) is 9.13. The zero-order chi connectivity index (χ0) is 9.40. The van der Waals surface area contributed by atoms with Crippen LogP contribution in [0, 0.1) is 18.3 Å². The van der Waals surface area contributed by atoms with Crippen LogP contribution in [0.25, 0.3) is 0 Å². The van der Waals surface area contributed by atoms with Gasteiger partial charge >= 0.3 is 0 Å². The lowest BCUT2D eigenvalue weighted by Gasteiger charge is -2.05. The minimum atomic E-state index is 0.361. The normalized spacial score (nSPS) is 12.1. The van der Waals surface area contributed by atoms with Crippen LogP contribution in [-0.2, 0) is 4.79 Å². The minimum Gasteiger partial charge on any atom is -0.300 e. The molecule has 0 radical (unpaired) electrons. The van der Waals surface area contributed by atoms with Crippen LogP contribution in [0.3, 0.4) is 0 Å². The van der Waals surface area contributed by atoms with Gasteiger partial charge in [0.2, 0.25) is 0 Å². The van der Waals surface area contributed by atoms with E-state index in [2.05, 4.69) is 19.8 Å². The van der Waals surface area contributed by atoms with Crippen molar-refractivity contribution in [3.05, 3.63) is 0 Å². The van der Waals surface area contributed by atoms with Crippen LogP contribution >= 0.6 is 0 Å². The van der Waals surface area contributed by atoms with Crippen LogP contribution in [0.5, 0.6) is 0 Å². The first-order valence-corrected chi connectivity index (χ1v) is 4.65. The second-order valence-electron chi connectivity index (χ2n) is 3.31. The van der Waals surface area contributed by atoms with E-state index in [1.807, 2.05) is 0 Å². The van der Waals surface area contributed by atoms with Crippen LogP contribution < -0.4 is 0 Å². The van der Waals surface area contributed by atoms with Gasteiger partial charge in [-0.3, -0.25) is 4.79 Å². The van der Waals surface area contributed by atoms with E-state index in [0.717, 1.165) is 25.7 Å². The van der Waals surface area contributed by atoms with Crippen molar-refractivity contribution in [2.75, 3.05) is 0 Å². The molecule has 0 aromatic rings. The molecule has 0 heterocycles. The average Bonchev–Trinajstić information content (AvgIpc) is 2.05. The Morgan fingerprint density at radius 1 is 1.58 bits per heavy atom. The molecular formula is C11H18O. The molecule has 0 saturated carbocycles. The highest BCUT2D eigenvalue weighted by molar-refractivity contribution is 5.78. The Bertz CT molecular complexity index is 164. The lowest BCUT2D eigenvalue weighted by molar-refractivity contribution is -0.119. The molecule has 0 rings (SSSR count). The summed E-state index contributed by atoms with van der Waals surface area (Å²) in [5, 5.41) is 0. The van der Waals surface area contributed by atoms with E-state index in [-0.39, 0.29) is 0 Å². The van der Waals surface area contributed by atoms with Gasteiger partial charge in [0.15, 0.2) is 0 Å². The monoisotopic (exact) mass is 166 g/mol. The highest BCUT2D eigenvalue weighted by Gasteiger charge is 2.06. The fourth-order valence-corrected chi connectivity index (χ4v) is 1.02. The van der Waals surface area contributed by atoms with E-state index in [1.165, 1.54) is 0 Å². The van der Waals surface area contributed by atoms with Gasteiger partial charge in [0.25, 0.3) is 0 Å². The average molecular weight is 166 g/mol. The summed E-state index contributed by atoms with van der Waals surface area (Å²) >= 11 is 0. The molecular weight excluding hydrogens is 148 g/mol. The molecule has 0 fully saturated rings. The molecule has 1 atom stereocenters. The zero-order valence-electron chi connectivity index (χ0n) is 8.10. The second-order valence-corrected chi connectivity index (χ2v) is 3.31. The molecule has 0 bridgehead atoms. The lowest BCUT2D eigenvalue weighted by atomic mass is 9.99. The van der Waals surface area contributed by atoms with E-state index < -0.39 is 0 Å². The molecule has 1 heteroatoms. The van der Waals surface area contributed by atoms with Crippen LogP contribution in [0.15, 0.2) is 0 Å². The fourth-order valence-electron chi connectivity index (χ4n) is 1.02. The molecule has 1 nitrogen and oxygen atoms in total. The van der Waals surface area contributed by atoms with Gasteiger partial charge in [0.05, 0.1) is 0 Å². The van der Waals surface area contributed by atoms with Gasteiger partial charge in [-0.2, -0.15) is 0 Å². The first kappa shape index (κ1) is 11.2. The first-order chi connectivity index (χ1) is 5.70. The summed E-state index contributed by atoms with van der Waals surface area (Å²) in [6.45, 7) is 4.22. The van der Waals surface area contributed by atoms with Crippen molar-refractivity contribution >= 4 is 5.78 Å². The standard InChI is InChI=1S/C11H18O/c1-4-6-7-8-11(12)9-10(3)5-2/h1,10H,5-9H2,2-3H3. The third-order valence-electron chi connectivity index (χ3n) is 2.05. The number of carbonyl (C=O) groups is 1. The largest absolute Gasteiger partial charge is 0.300 e. The number of Topliss-reactive ketones (excluding diaryl/α,β-unsaturated/α-hetero) is 1. The number of ketones is 1. The van der Waals surface area contributed by atoms with Crippen LogP contribution in [0.4, 0.5) is 0 Å². The van der Waals surface area contributed by atoms with E-state index in [4.69, 9.17) is 6.42 Å². The fraction of sp³-hybridized carbons (Fsp3) is 0.727. The number of unbranched alkanes of at least 4 members (excludes halogenated alkanes) is 1. The summed E-state index contributed by atoms with van der Waals surface area (Å²) in [6, 6.07) is 0. The lowest BCUT2D eigenvalue weighted by Crippen LogP contribution is -2.04. The van der Waals surface area contributed by atoms with Crippen molar-refractivity contribution in [1.82, 2.24) is 0 Å². The number of rotatable bonds is 6. The van der Waals surface area contributed by atoms with Crippen molar-refractivity contribution < 1.29 is 4.79 Å². The highest BCUT2D eigenvalue weighted by atomic mass is 16.1. The number of hydrogen-bond acceptors (Lipinski definition) is 1. The number of carbonyl (C=O) groups excluding carboxylic acids is 1. The quantitative estimate of drug-likeness (QED) is 0.438. The van der Waals surface area contributed by atoms with Gasteiger partial charge in [-0.05, 0) is 12.3 Å². The predicted molar refractivity (Wildman–Crippen MR) is 51.8 cm³/mol. The van der Waals surface area contributed by atoms with E-state index in [0.29, 0.717) is 18.1 Å². The van der Waals surface area contributed by atoms with Gasteiger partial charge in [0, 0.05) is 19.3 Å². The zero-order valence-corrected chi connectivity index (χ0v) is 8.10. The topological polar surface area (TPSA) is 17.1 Å².